The third-order valence-electron chi connectivity index (χ3n) is 1.63. The van der Waals surface area contributed by atoms with E-state index >= 15 is 0 Å². The van der Waals surface area contributed by atoms with Crippen molar-refractivity contribution in [2.24, 2.45) is 5.73 Å². The maximum atomic E-state index is 5.83. The van der Waals surface area contributed by atoms with E-state index in [1.807, 2.05) is 0 Å². The molecule has 0 saturated carbocycles. The van der Waals surface area contributed by atoms with Crippen molar-refractivity contribution in [3.63, 3.8) is 0 Å². The Morgan fingerprint density at radius 1 is 1.38 bits per heavy atom. The number of rotatable bonds is 3. The minimum atomic E-state index is 0.0920. The second kappa shape index (κ2) is 3.08. The van der Waals surface area contributed by atoms with Crippen LogP contribution in [0.4, 0.5) is 0 Å². The molecule has 0 spiro atoms. The van der Waals surface area contributed by atoms with E-state index in [9.17, 15) is 0 Å². The fourth-order valence-corrected chi connectivity index (χ4v) is 0.748. The number of hydrogen-bond donors (Lipinski definition) is 1. The molecule has 0 rings (SSSR count). The fourth-order valence-electron chi connectivity index (χ4n) is 0.748. The average molecular weight is 115 g/mol. The molecule has 0 aliphatic heterocycles. The molecule has 1 nitrogen and oxygen atoms in total. The van der Waals surface area contributed by atoms with Gasteiger partial charge in [-0.3, -0.25) is 0 Å². The van der Waals surface area contributed by atoms with Crippen molar-refractivity contribution in [1.82, 2.24) is 0 Å². The van der Waals surface area contributed by atoms with Gasteiger partial charge < -0.3 is 5.73 Å². The van der Waals surface area contributed by atoms with Crippen LogP contribution in [0.25, 0.3) is 0 Å². The quantitative estimate of drug-likeness (QED) is 0.597. The average Bonchev–Trinajstić information content (AvgIpc) is 1.67. The van der Waals surface area contributed by atoms with E-state index in [1.54, 1.807) is 0 Å². The third-order valence-corrected chi connectivity index (χ3v) is 1.63. The lowest BCUT2D eigenvalue weighted by molar-refractivity contribution is 0.414. The first-order valence-electron chi connectivity index (χ1n) is 3.41. The molecule has 0 bridgehead atoms. The molecule has 0 aromatic carbocycles. The molecule has 0 unspecified atom stereocenters. The van der Waals surface area contributed by atoms with Gasteiger partial charge in [0.1, 0.15) is 0 Å². The van der Waals surface area contributed by atoms with Crippen LogP contribution in [0.3, 0.4) is 0 Å². The Bertz CT molecular complexity index is 57.4. The third kappa shape index (κ3) is 3.03. The highest BCUT2D eigenvalue weighted by Gasteiger charge is 2.12. The fraction of sp³-hybridized carbons (Fsp3) is 1.00. The van der Waals surface area contributed by atoms with Crippen LogP contribution in [0, 0.1) is 0 Å². The van der Waals surface area contributed by atoms with Crippen molar-refractivity contribution in [3.8, 4) is 0 Å². The summed E-state index contributed by atoms with van der Waals surface area (Å²) in [5.74, 6) is 0. The molecule has 0 amide bonds. The summed E-state index contributed by atoms with van der Waals surface area (Å²) < 4.78 is 0. The summed E-state index contributed by atoms with van der Waals surface area (Å²) in [5, 5.41) is 0. The SMILES string of the molecule is CCC[C@@](C)(N)CC. The number of hydrogen-bond acceptors (Lipinski definition) is 1. The van der Waals surface area contributed by atoms with Gasteiger partial charge in [-0.05, 0) is 19.8 Å². The Balaban J connectivity index is 3.37. The van der Waals surface area contributed by atoms with Crippen molar-refractivity contribution in [1.29, 1.82) is 0 Å². The predicted molar refractivity (Wildman–Crippen MR) is 37.8 cm³/mol. The highest BCUT2D eigenvalue weighted by atomic mass is 14.7. The van der Waals surface area contributed by atoms with Crippen LogP contribution in [0.2, 0.25) is 0 Å². The van der Waals surface area contributed by atoms with E-state index in [1.165, 1.54) is 6.42 Å². The van der Waals surface area contributed by atoms with Crippen LogP contribution in [0.5, 0.6) is 0 Å². The molecule has 0 aliphatic rings. The van der Waals surface area contributed by atoms with E-state index in [4.69, 9.17) is 5.73 Å². The first kappa shape index (κ1) is 7.96. The second-order valence-electron chi connectivity index (χ2n) is 2.76. The first-order chi connectivity index (χ1) is 3.62. The molecule has 1 atom stereocenters. The van der Waals surface area contributed by atoms with Gasteiger partial charge in [0.05, 0.1) is 0 Å². The lowest BCUT2D eigenvalue weighted by Gasteiger charge is -2.20. The largest absolute Gasteiger partial charge is 0.325 e. The summed E-state index contributed by atoms with van der Waals surface area (Å²) >= 11 is 0. The first-order valence-corrected chi connectivity index (χ1v) is 3.41. The molecular formula is C7H17N. The maximum Gasteiger partial charge on any atom is 0.0123 e. The molecule has 8 heavy (non-hydrogen) atoms. The molecule has 0 heterocycles. The molecule has 0 aromatic rings. The van der Waals surface area contributed by atoms with Crippen LogP contribution >= 0.6 is 0 Å². The lowest BCUT2D eigenvalue weighted by Crippen LogP contribution is -2.34. The van der Waals surface area contributed by atoms with Gasteiger partial charge in [-0.15, -0.1) is 0 Å². The molecule has 0 aliphatic carbocycles. The molecule has 2 N–H and O–H groups in total. The molecule has 0 aromatic heterocycles. The van der Waals surface area contributed by atoms with Crippen molar-refractivity contribution >= 4 is 0 Å². The Kier molecular flexibility index (Phi) is 3.06. The Hall–Kier alpha value is -0.0400. The van der Waals surface area contributed by atoms with Crippen LogP contribution in [-0.2, 0) is 0 Å². The summed E-state index contributed by atoms with van der Waals surface area (Å²) in [7, 11) is 0. The summed E-state index contributed by atoms with van der Waals surface area (Å²) in [6, 6.07) is 0. The summed E-state index contributed by atoms with van der Waals surface area (Å²) in [5.41, 5.74) is 5.92. The van der Waals surface area contributed by atoms with E-state index in [0.717, 1.165) is 12.8 Å². The van der Waals surface area contributed by atoms with Gasteiger partial charge in [0.25, 0.3) is 0 Å². The number of nitrogens with two attached hydrogens (primary N) is 1. The minimum Gasteiger partial charge on any atom is -0.325 e. The Labute approximate surface area is 52.3 Å². The van der Waals surface area contributed by atoms with Gasteiger partial charge in [-0.25, -0.2) is 0 Å². The topological polar surface area (TPSA) is 26.0 Å². The molecule has 1 heteroatoms. The van der Waals surface area contributed by atoms with Gasteiger partial charge in [0.2, 0.25) is 0 Å². The van der Waals surface area contributed by atoms with Gasteiger partial charge >= 0.3 is 0 Å². The van der Waals surface area contributed by atoms with Crippen LogP contribution < -0.4 is 5.73 Å². The predicted octanol–water partition coefficient (Wildman–Crippen LogP) is 1.91. The Morgan fingerprint density at radius 3 is 2.00 bits per heavy atom. The van der Waals surface area contributed by atoms with Gasteiger partial charge in [-0.2, -0.15) is 0 Å². The van der Waals surface area contributed by atoms with E-state index in [2.05, 4.69) is 20.8 Å². The zero-order valence-corrected chi connectivity index (χ0v) is 6.20. The summed E-state index contributed by atoms with van der Waals surface area (Å²) in [6.07, 6.45) is 3.42. The molecule has 0 fully saturated rings. The van der Waals surface area contributed by atoms with Crippen molar-refractivity contribution in [3.05, 3.63) is 0 Å². The van der Waals surface area contributed by atoms with E-state index in [0.29, 0.717) is 0 Å². The van der Waals surface area contributed by atoms with Gasteiger partial charge in [0, 0.05) is 5.54 Å². The standard InChI is InChI=1S/C7H17N/c1-4-6-7(3,8)5-2/h4-6,8H2,1-3H3/t7-/m0/s1. The summed E-state index contributed by atoms with van der Waals surface area (Å²) in [6.45, 7) is 6.41. The maximum absolute atomic E-state index is 5.83. The molecule has 0 saturated heterocycles. The highest BCUT2D eigenvalue weighted by molar-refractivity contribution is 4.74. The molecule has 50 valence electrons. The summed E-state index contributed by atoms with van der Waals surface area (Å²) in [4.78, 5) is 0. The second-order valence-corrected chi connectivity index (χ2v) is 2.76. The van der Waals surface area contributed by atoms with Crippen molar-refractivity contribution in [2.45, 2.75) is 45.6 Å². The normalized spacial score (nSPS) is 18.0. The van der Waals surface area contributed by atoms with E-state index in [-0.39, 0.29) is 5.54 Å². The zero-order valence-electron chi connectivity index (χ0n) is 6.20. The lowest BCUT2D eigenvalue weighted by atomic mass is 9.95. The van der Waals surface area contributed by atoms with E-state index < -0.39 is 0 Å². The van der Waals surface area contributed by atoms with Crippen LogP contribution in [0.1, 0.15) is 40.0 Å². The van der Waals surface area contributed by atoms with Gasteiger partial charge in [0.15, 0.2) is 0 Å². The Morgan fingerprint density at radius 2 is 1.88 bits per heavy atom. The minimum absolute atomic E-state index is 0.0920. The molecular weight excluding hydrogens is 98.1 g/mol. The van der Waals surface area contributed by atoms with Crippen molar-refractivity contribution in [2.75, 3.05) is 0 Å². The monoisotopic (exact) mass is 115 g/mol. The smallest absolute Gasteiger partial charge is 0.0123 e. The molecule has 0 radical (unpaired) electrons. The highest BCUT2D eigenvalue weighted by Crippen LogP contribution is 2.11. The van der Waals surface area contributed by atoms with Crippen LogP contribution in [0.15, 0.2) is 0 Å². The zero-order chi connectivity index (χ0) is 6.62. The van der Waals surface area contributed by atoms with Gasteiger partial charge in [-0.1, -0.05) is 20.3 Å². The van der Waals surface area contributed by atoms with Crippen molar-refractivity contribution < 1.29 is 0 Å². The van der Waals surface area contributed by atoms with Crippen LogP contribution in [-0.4, -0.2) is 5.54 Å².